The molecule has 0 aliphatic rings. The van der Waals surface area contributed by atoms with Crippen molar-refractivity contribution < 1.29 is 28.2 Å². The number of rotatable bonds is 1. The van der Waals surface area contributed by atoms with Gasteiger partial charge in [0.05, 0.1) is 5.56 Å². The van der Waals surface area contributed by atoms with Crippen LogP contribution in [-0.4, -0.2) is 16.2 Å². The van der Waals surface area contributed by atoms with Gasteiger partial charge < -0.3 is 10.2 Å². The molecule has 2 aromatic carbocycles. The molecule has 0 aliphatic heterocycles. The highest BCUT2D eigenvalue weighted by Gasteiger charge is 2.34. The number of halogens is 3. The van der Waals surface area contributed by atoms with E-state index in [1.165, 1.54) is 24.3 Å². The zero-order valence-electron chi connectivity index (χ0n) is 8.82. The number of aromatic hydroxyl groups is 1. The number of carboxylic acid groups (broad SMARTS) is 1. The van der Waals surface area contributed by atoms with E-state index in [9.17, 15) is 23.1 Å². The first-order valence-corrected chi connectivity index (χ1v) is 4.87. The normalized spacial score (nSPS) is 11.7. The van der Waals surface area contributed by atoms with E-state index in [2.05, 4.69) is 0 Å². The average molecular weight is 256 g/mol. The van der Waals surface area contributed by atoms with Crippen LogP contribution < -0.4 is 0 Å². The minimum absolute atomic E-state index is 0.135. The van der Waals surface area contributed by atoms with E-state index in [4.69, 9.17) is 5.11 Å². The fraction of sp³-hybridized carbons (Fsp3) is 0.0833. The van der Waals surface area contributed by atoms with Crippen molar-refractivity contribution in [2.75, 3.05) is 0 Å². The summed E-state index contributed by atoms with van der Waals surface area (Å²) in [6.07, 6.45) is -4.68. The topological polar surface area (TPSA) is 57.5 Å². The summed E-state index contributed by atoms with van der Waals surface area (Å²) in [4.78, 5) is 10.8. The first-order valence-electron chi connectivity index (χ1n) is 4.87. The maximum absolute atomic E-state index is 12.8. The van der Waals surface area contributed by atoms with Gasteiger partial charge in [0.15, 0.2) is 0 Å². The lowest BCUT2D eigenvalue weighted by atomic mass is 9.99. The molecule has 0 saturated carbocycles. The fourth-order valence-corrected chi connectivity index (χ4v) is 1.76. The van der Waals surface area contributed by atoms with Crippen molar-refractivity contribution in [3.05, 3.63) is 41.5 Å². The van der Waals surface area contributed by atoms with Gasteiger partial charge in [0.2, 0.25) is 0 Å². The SMILES string of the molecule is O=C(O)c1cc(C(F)(F)F)c2ccccc2c1O. The number of carbonyl (C=O) groups is 1. The van der Waals surface area contributed by atoms with Crippen molar-refractivity contribution in [3.63, 3.8) is 0 Å². The van der Waals surface area contributed by atoms with Gasteiger partial charge in [0, 0.05) is 5.39 Å². The molecule has 2 rings (SSSR count). The molecule has 0 radical (unpaired) electrons. The summed E-state index contributed by atoms with van der Waals surface area (Å²) in [5.41, 5.74) is -1.84. The van der Waals surface area contributed by atoms with Crippen molar-refractivity contribution in [2.45, 2.75) is 6.18 Å². The highest BCUT2D eigenvalue weighted by molar-refractivity contribution is 6.02. The van der Waals surface area contributed by atoms with Gasteiger partial charge in [0.25, 0.3) is 0 Å². The van der Waals surface area contributed by atoms with E-state index in [1.54, 1.807) is 0 Å². The Hall–Kier alpha value is -2.24. The Morgan fingerprint density at radius 1 is 1.11 bits per heavy atom. The summed E-state index contributed by atoms with van der Waals surface area (Å²) < 4.78 is 38.5. The smallest absolute Gasteiger partial charge is 0.417 e. The van der Waals surface area contributed by atoms with Gasteiger partial charge in [-0.1, -0.05) is 24.3 Å². The fourth-order valence-electron chi connectivity index (χ4n) is 1.76. The second kappa shape index (κ2) is 3.90. The van der Waals surface area contributed by atoms with E-state index >= 15 is 0 Å². The Labute approximate surface area is 99.1 Å². The lowest BCUT2D eigenvalue weighted by Crippen LogP contribution is -2.09. The maximum atomic E-state index is 12.8. The molecule has 18 heavy (non-hydrogen) atoms. The van der Waals surface area contributed by atoms with Crippen LogP contribution in [0.3, 0.4) is 0 Å². The maximum Gasteiger partial charge on any atom is 0.417 e. The summed E-state index contributed by atoms with van der Waals surface area (Å²) in [6.45, 7) is 0. The van der Waals surface area contributed by atoms with Crippen molar-refractivity contribution >= 4 is 16.7 Å². The molecule has 6 heteroatoms. The van der Waals surface area contributed by atoms with Crippen molar-refractivity contribution in [1.29, 1.82) is 0 Å². The number of hydrogen-bond acceptors (Lipinski definition) is 2. The van der Waals surface area contributed by atoms with Crippen molar-refractivity contribution in [3.8, 4) is 5.75 Å². The van der Waals surface area contributed by atoms with Gasteiger partial charge in [-0.05, 0) is 11.5 Å². The van der Waals surface area contributed by atoms with E-state index in [1.807, 2.05) is 0 Å². The molecule has 0 atom stereocenters. The minimum Gasteiger partial charge on any atom is -0.506 e. The molecule has 94 valence electrons. The number of hydrogen-bond donors (Lipinski definition) is 2. The highest BCUT2D eigenvalue weighted by Crippen LogP contribution is 2.39. The molecular formula is C12H7F3O3. The van der Waals surface area contributed by atoms with Gasteiger partial charge >= 0.3 is 12.1 Å². The lowest BCUT2D eigenvalue weighted by molar-refractivity contribution is -0.136. The van der Waals surface area contributed by atoms with Gasteiger partial charge in [-0.2, -0.15) is 13.2 Å². The molecular weight excluding hydrogens is 249 g/mol. The van der Waals surface area contributed by atoms with E-state index < -0.39 is 29.0 Å². The number of carboxylic acids is 1. The number of phenols is 1. The molecule has 0 saturated heterocycles. The van der Waals surface area contributed by atoms with Gasteiger partial charge in [-0.3, -0.25) is 0 Å². The average Bonchev–Trinajstić information content (AvgIpc) is 2.27. The monoisotopic (exact) mass is 256 g/mol. The van der Waals surface area contributed by atoms with Crippen LogP contribution in [0.25, 0.3) is 10.8 Å². The molecule has 0 spiro atoms. The molecule has 0 aromatic heterocycles. The highest BCUT2D eigenvalue weighted by atomic mass is 19.4. The van der Waals surface area contributed by atoms with Gasteiger partial charge in [0.1, 0.15) is 11.3 Å². The summed E-state index contributed by atoms with van der Waals surface area (Å²) in [5.74, 6) is -2.27. The Morgan fingerprint density at radius 2 is 1.67 bits per heavy atom. The Morgan fingerprint density at radius 3 is 2.17 bits per heavy atom. The van der Waals surface area contributed by atoms with Crippen LogP contribution in [-0.2, 0) is 6.18 Å². The largest absolute Gasteiger partial charge is 0.506 e. The zero-order chi connectivity index (χ0) is 13.5. The molecule has 0 bridgehead atoms. The minimum atomic E-state index is -4.68. The van der Waals surface area contributed by atoms with Crippen LogP contribution in [0.15, 0.2) is 30.3 Å². The molecule has 0 aliphatic carbocycles. The molecule has 3 nitrogen and oxygen atoms in total. The predicted molar refractivity (Wildman–Crippen MR) is 57.6 cm³/mol. The third kappa shape index (κ3) is 1.85. The summed E-state index contributed by atoms with van der Waals surface area (Å²) >= 11 is 0. The van der Waals surface area contributed by atoms with Crippen molar-refractivity contribution in [2.24, 2.45) is 0 Å². The standard InChI is InChI=1S/C12H7F3O3/c13-12(14,15)9-5-8(11(17)18)10(16)7-4-2-1-3-6(7)9/h1-5,16H,(H,17,18). The first-order chi connectivity index (χ1) is 8.32. The second-order valence-electron chi connectivity index (χ2n) is 3.67. The van der Waals surface area contributed by atoms with Crippen LogP contribution >= 0.6 is 0 Å². The Kier molecular flexibility index (Phi) is 2.65. The van der Waals surface area contributed by atoms with E-state index in [-0.39, 0.29) is 10.8 Å². The molecule has 2 N–H and O–H groups in total. The lowest BCUT2D eigenvalue weighted by Gasteiger charge is -2.13. The van der Waals surface area contributed by atoms with E-state index in [0.29, 0.717) is 6.07 Å². The molecule has 0 fully saturated rings. The number of fused-ring (bicyclic) bond motifs is 1. The summed E-state index contributed by atoms with van der Waals surface area (Å²) in [7, 11) is 0. The Bertz CT molecular complexity index is 632. The third-order valence-electron chi connectivity index (χ3n) is 2.55. The predicted octanol–water partition coefficient (Wildman–Crippen LogP) is 3.26. The molecule has 0 heterocycles. The number of benzene rings is 2. The molecule has 0 amide bonds. The molecule has 2 aromatic rings. The third-order valence-corrected chi connectivity index (χ3v) is 2.55. The zero-order valence-corrected chi connectivity index (χ0v) is 8.82. The van der Waals surface area contributed by atoms with Gasteiger partial charge in [-0.15, -0.1) is 0 Å². The van der Waals surface area contributed by atoms with Crippen LogP contribution in [0, 0.1) is 0 Å². The molecule has 0 unspecified atom stereocenters. The van der Waals surface area contributed by atoms with Crippen molar-refractivity contribution in [1.82, 2.24) is 0 Å². The Balaban J connectivity index is 2.94. The second-order valence-corrected chi connectivity index (χ2v) is 3.67. The number of alkyl halides is 3. The summed E-state index contributed by atoms with van der Waals surface area (Å²) in [6, 6.07) is 5.68. The van der Waals surface area contributed by atoms with E-state index in [0.717, 1.165) is 0 Å². The number of aromatic carboxylic acids is 1. The van der Waals surface area contributed by atoms with Crippen LogP contribution in [0.4, 0.5) is 13.2 Å². The first kappa shape index (κ1) is 12.2. The van der Waals surface area contributed by atoms with Crippen LogP contribution in [0.1, 0.15) is 15.9 Å². The quantitative estimate of drug-likeness (QED) is 0.823. The summed E-state index contributed by atoms with van der Waals surface area (Å²) in [5, 5.41) is 18.1. The van der Waals surface area contributed by atoms with Crippen LogP contribution in [0.5, 0.6) is 5.75 Å². The van der Waals surface area contributed by atoms with Gasteiger partial charge in [-0.25, -0.2) is 4.79 Å². The van der Waals surface area contributed by atoms with Crippen LogP contribution in [0.2, 0.25) is 0 Å².